The molecule has 152 valence electrons. The molecular formula is C24H32O4. The highest BCUT2D eigenvalue weighted by Crippen LogP contribution is 2.43. The third-order valence-electron chi connectivity index (χ3n) is 6.37. The second-order valence-corrected chi connectivity index (χ2v) is 9.38. The van der Waals surface area contributed by atoms with Crippen LogP contribution in [0.1, 0.15) is 58.1 Å². The summed E-state index contributed by atoms with van der Waals surface area (Å²) < 4.78 is 6.43. The van der Waals surface area contributed by atoms with Gasteiger partial charge in [0.25, 0.3) is 0 Å². The van der Waals surface area contributed by atoms with Crippen LogP contribution in [-0.4, -0.2) is 21.9 Å². The lowest BCUT2D eigenvalue weighted by molar-refractivity contribution is -0.00739. The third-order valence-corrected chi connectivity index (χ3v) is 6.37. The lowest BCUT2D eigenvalue weighted by atomic mass is 9.75. The number of hydrogen-bond acceptors (Lipinski definition) is 4. The zero-order chi connectivity index (χ0) is 20.7. The number of fused-ring (bicyclic) bond motifs is 2. The normalized spacial score (nSPS) is 32.6. The van der Waals surface area contributed by atoms with Crippen LogP contribution in [0.25, 0.3) is 0 Å². The van der Waals surface area contributed by atoms with Crippen LogP contribution in [0.2, 0.25) is 0 Å². The van der Waals surface area contributed by atoms with Gasteiger partial charge in [-0.25, -0.2) is 0 Å². The number of rotatable bonds is 0. The monoisotopic (exact) mass is 384 g/mol. The van der Waals surface area contributed by atoms with Crippen molar-refractivity contribution in [1.82, 2.24) is 0 Å². The minimum Gasteiger partial charge on any atom is -0.504 e. The van der Waals surface area contributed by atoms with Gasteiger partial charge in [-0.3, -0.25) is 4.79 Å². The van der Waals surface area contributed by atoms with Crippen LogP contribution < -0.4 is 10.2 Å². The minimum absolute atomic E-state index is 0.000751. The molecule has 3 rings (SSSR count). The van der Waals surface area contributed by atoms with Crippen LogP contribution >= 0.6 is 0 Å². The molecule has 2 aliphatic rings. The zero-order valence-corrected chi connectivity index (χ0v) is 17.6. The molecule has 0 fully saturated rings. The second-order valence-electron chi connectivity index (χ2n) is 9.38. The van der Waals surface area contributed by atoms with Crippen LogP contribution in [0.4, 0.5) is 0 Å². The Labute approximate surface area is 167 Å². The summed E-state index contributed by atoms with van der Waals surface area (Å²) in [5, 5.41) is 20.8. The Balaban J connectivity index is 2.09. The van der Waals surface area contributed by atoms with Crippen LogP contribution in [0.5, 0.6) is 11.5 Å². The maximum atomic E-state index is 12.2. The van der Waals surface area contributed by atoms with Crippen LogP contribution in [0, 0.1) is 18.3 Å². The van der Waals surface area contributed by atoms with E-state index in [-0.39, 0.29) is 17.1 Å². The fraction of sp³-hybridized carbons (Fsp3) is 0.542. The van der Waals surface area contributed by atoms with E-state index in [4.69, 9.17) is 4.74 Å². The molecule has 4 nitrogen and oxygen atoms in total. The second kappa shape index (κ2) is 7.40. The Morgan fingerprint density at radius 2 is 1.86 bits per heavy atom. The maximum absolute atomic E-state index is 12.2. The molecule has 0 saturated carbocycles. The Morgan fingerprint density at radius 1 is 1.14 bits per heavy atom. The van der Waals surface area contributed by atoms with E-state index in [2.05, 4.69) is 39.0 Å². The van der Waals surface area contributed by atoms with Gasteiger partial charge in [0.15, 0.2) is 5.75 Å². The lowest BCUT2D eigenvalue weighted by Gasteiger charge is -2.43. The van der Waals surface area contributed by atoms with Crippen molar-refractivity contribution in [2.24, 2.45) is 11.3 Å². The van der Waals surface area contributed by atoms with Gasteiger partial charge >= 0.3 is 0 Å². The standard InChI is InChI=1S/C24H32O4/c1-15-7-10-23(3,4)8-6-9-24(5)17(13-19(15)25)12-18-16(2)11-20(26)21(27)14-22(18)28-24/h6-8,11,14,17,19,25H,9-10,12-13H2,1-5H3,(H,26,27)/b8-6+,15-7-/t17-,19-,24-/m0/s1. The van der Waals surface area contributed by atoms with E-state index in [1.54, 1.807) is 0 Å². The quantitative estimate of drug-likeness (QED) is 0.649. The van der Waals surface area contributed by atoms with Gasteiger partial charge in [0.2, 0.25) is 5.43 Å². The molecular weight excluding hydrogens is 352 g/mol. The molecule has 4 heteroatoms. The first kappa shape index (κ1) is 20.7. The molecule has 3 atom stereocenters. The first-order valence-electron chi connectivity index (χ1n) is 10.1. The highest BCUT2D eigenvalue weighted by molar-refractivity contribution is 5.44. The van der Waals surface area contributed by atoms with Gasteiger partial charge in [0.05, 0.1) is 6.10 Å². The molecule has 1 aliphatic heterocycles. The molecule has 0 bridgehead atoms. The van der Waals surface area contributed by atoms with E-state index in [0.29, 0.717) is 25.0 Å². The highest BCUT2D eigenvalue weighted by Gasteiger charge is 2.42. The molecule has 0 spiro atoms. The van der Waals surface area contributed by atoms with Crippen molar-refractivity contribution in [1.29, 1.82) is 0 Å². The number of aliphatic hydroxyl groups excluding tert-OH is 1. The van der Waals surface area contributed by atoms with Crippen molar-refractivity contribution >= 4 is 0 Å². The van der Waals surface area contributed by atoms with E-state index in [0.717, 1.165) is 23.1 Å². The molecule has 2 N–H and O–H groups in total. The smallest absolute Gasteiger partial charge is 0.223 e. The largest absolute Gasteiger partial charge is 0.504 e. The summed E-state index contributed by atoms with van der Waals surface area (Å²) in [4.78, 5) is 12.2. The summed E-state index contributed by atoms with van der Waals surface area (Å²) in [7, 11) is 0. The molecule has 1 heterocycles. The van der Waals surface area contributed by atoms with E-state index in [1.807, 2.05) is 13.8 Å². The fourth-order valence-corrected chi connectivity index (χ4v) is 4.22. The number of allylic oxidation sites excluding steroid dienone is 2. The number of ether oxygens (including phenoxy) is 1. The Morgan fingerprint density at radius 3 is 2.57 bits per heavy atom. The van der Waals surface area contributed by atoms with Crippen molar-refractivity contribution in [3.8, 4) is 11.5 Å². The maximum Gasteiger partial charge on any atom is 0.223 e. The van der Waals surface area contributed by atoms with Gasteiger partial charge < -0.3 is 14.9 Å². The first-order chi connectivity index (χ1) is 13.0. The topological polar surface area (TPSA) is 66.8 Å². The average molecular weight is 385 g/mol. The van der Waals surface area contributed by atoms with Crippen LogP contribution in [0.15, 0.2) is 40.7 Å². The Hall–Kier alpha value is -2.07. The van der Waals surface area contributed by atoms with E-state index >= 15 is 0 Å². The number of hydrogen-bond donors (Lipinski definition) is 2. The van der Waals surface area contributed by atoms with Gasteiger partial charge in [0, 0.05) is 18.4 Å². The number of aromatic hydroxyl groups is 1. The van der Waals surface area contributed by atoms with E-state index in [1.165, 1.54) is 12.1 Å². The SMILES string of the molecule is C/C1=C/CC(C)(C)/C=C/C[C@]2(C)Oc3cc(=O)c(O)cc(C)c3C[C@H]2C[C@@H]1O. The molecule has 1 aliphatic carbocycles. The highest BCUT2D eigenvalue weighted by atomic mass is 16.5. The lowest BCUT2D eigenvalue weighted by Crippen LogP contribution is -2.46. The number of aryl methyl sites for hydroxylation is 1. The molecule has 0 saturated heterocycles. The average Bonchev–Trinajstić information content (AvgIpc) is 2.70. The van der Waals surface area contributed by atoms with Gasteiger partial charge in [-0.1, -0.05) is 32.1 Å². The summed E-state index contributed by atoms with van der Waals surface area (Å²) in [5.41, 5.74) is 1.80. The summed E-state index contributed by atoms with van der Waals surface area (Å²) >= 11 is 0. The molecule has 0 aromatic heterocycles. The predicted molar refractivity (Wildman–Crippen MR) is 112 cm³/mol. The zero-order valence-electron chi connectivity index (χ0n) is 17.6. The third kappa shape index (κ3) is 4.17. The van der Waals surface area contributed by atoms with Crippen molar-refractivity contribution in [2.75, 3.05) is 0 Å². The van der Waals surface area contributed by atoms with E-state index in [9.17, 15) is 15.0 Å². The molecule has 0 unspecified atom stereocenters. The molecule has 28 heavy (non-hydrogen) atoms. The predicted octanol–water partition coefficient (Wildman–Crippen LogP) is 4.44. The molecule has 0 amide bonds. The van der Waals surface area contributed by atoms with Crippen molar-refractivity contribution in [3.63, 3.8) is 0 Å². The molecule has 0 radical (unpaired) electrons. The van der Waals surface area contributed by atoms with Crippen LogP contribution in [-0.2, 0) is 6.42 Å². The summed E-state index contributed by atoms with van der Waals surface area (Å²) in [6, 6.07) is 2.92. The molecule has 1 aromatic rings. The Kier molecular flexibility index (Phi) is 5.46. The van der Waals surface area contributed by atoms with Crippen molar-refractivity contribution < 1.29 is 14.9 Å². The van der Waals surface area contributed by atoms with Crippen molar-refractivity contribution in [3.05, 3.63) is 57.3 Å². The first-order valence-corrected chi connectivity index (χ1v) is 10.1. The summed E-state index contributed by atoms with van der Waals surface area (Å²) in [6.07, 6.45) is 8.88. The fourth-order valence-electron chi connectivity index (χ4n) is 4.22. The van der Waals surface area contributed by atoms with Crippen LogP contribution in [0.3, 0.4) is 0 Å². The Bertz CT molecular complexity index is 881. The van der Waals surface area contributed by atoms with Gasteiger partial charge in [-0.2, -0.15) is 0 Å². The minimum atomic E-state index is -0.534. The van der Waals surface area contributed by atoms with Gasteiger partial charge in [-0.15, -0.1) is 0 Å². The van der Waals surface area contributed by atoms with E-state index < -0.39 is 17.1 Å². The van der Waals surface area contributed by atoms with Crippen molar-refractivity contribution in [2.45, 2.75) is 72.0 Å². The summed E-state index contributed by atoms with van der Waals surface area (Å²) in [5.74, 6) is 0.372. The molecule has 1 aromatic carbocycles. The van der Waals surface area contributed by atoms with Gasteiger partial charge in [-0.05, 0) is 68.2 Å². The number of aliphatic hydroxyl groups is 1. The summed E-state index contributed by atoms with van der Waals surface area (Å²) in [6.45, 7) is 10.3. The van der Waals surface area contributed by atoms with Gasteiger partial charge in [0.1, 0.15) is 11.4 Å².